The van der Waals surface area contributed by atoms with E-state index in [1.807, 2.05) is 0 Å². The van der Waals surface area contributed by atoms with Crippen molar-refractivity contribution in [3.63, 3.8) is 0 Å². The molecule has 2 unspecified atom stereocenters. The van der Waals surface area contributed by atoms with Crippen molar-refractivity contribution in [1.29, 1.82) is 0 Å². The van der Waals surface area contributed by atoms with E-state index in [1.165, 1.54) is 0 Å². The van der Waals surface area contributed by atoms with Gasteiger partial charge >= 0.3 is 0 Å². The first-order valence-corrected chi connectivity index (χ1v) is 6.75. The van der Waals surface area contributed by atoms with E-state index in [1.54, 1.807) is 18.3 Å². The predicted octanol–water partition coefficient (Wildman–Crippen LogP) is 2.80. The molecule has 1 saturated carbocycles. The molecule has 100 valence electrons. The molecule has 2 aromatic rings. The molecule has 3 rings (SSSR count). The van der Waals surface area contributed by atoms with Gasteiger partial charge in [0.15, 0.2) is 0 Å². The lowest BCUT2D eigenvalue weighted by atomic mass is 9.86. The summed E-state index contributed by atoms with van der Waals surface area (Å²) >= 11 is 5.79. The van der Waals surface area contributed by atoms with E-state index in [-0.39, 0.29) is 12.0 Å². The summed E-state index contributed by atoms with van der Waals surface area (Å²) in [5.41, 5.74) is 0.615. The van der Waals surface area contributed by atoms with Crippen LogP contribution in [0.4, 0.5) is 0 Å². The van der Waals surface area contributed by atoms with Crippen LogP contribution in [0.3, 0.4) is 0 Å². The summed E-state index contributed by atoms with van der Waals surface area (Å²) in [5, 5.41) is 14.5. The number of rotatable bonds is 2. The maximum atomic E-state index is 9.98. The van der Waals surface area contributed by atoms with Gasteiger partial charge in [0, 0.05) is 6.20 Å². The first kappa shape index (κ1) is 12.6. The lowest BCUT2D eigenvalue weighted by Crippen LogP contribution is -2.22. The van der Waals surface area contributed by atoms with Crippen LogP contribution in [0.15, 0.2) is 22.9 Å². The van der Waals surface area contributed by atoms with Crippen LogP contribution < -0.4 is 0 Å². The zero-order valence-electron chi connectivity index (χ0n) is 10.3. The quantitative estimate of drug-likeness (QED) is 0.915. The topological polar surface area (TPSA) is 72.0 Å². The lowest BCUT2D eigenvalue weighted by molar-refractivity contribution is 0.0908. The van der Waals surface area contributed by atoms with Gasteiger partial charge in [-0.1, -0.05) is 29.6 Å². The SMILES string of the molecule is OC1CCCCC1c1nc(-c2ccc(Cl)cn2)no1. The number of halogens is 1. The molecule has 0 aromatic carbocycles. The van der Waals surface area contributed by atoms with E-state index in [9.17, 15) is 5.11 Å². The summed E-state index contributed by atoms with van der Waals surface area (Å²) in [7, 11) is 0. The molecule has 1 fully saturated rings. The maximum absolute atomic E-state index is 9.98. The van der Waals surface area contributed by atoms with Crippen molar-refractivity contribution in [3.05, 3.63) is 29.2 Å². The number of aromatic nitrogens is 3. The van der Waals surface area contributed by atoms with Crippen LogP contribution in [0.2, 0.25) is 5.02 Å². The summed E-state index contributed by atoms with van der Waals surface area (Å²) in [6.45, 7) is 0. The van der Waals surface area contributed by atoms with Gasteiger partial charge in [-0.25, -0.2) is 0 Å². The normalized spacial score (nSPS) is 23.5. The number of hydrogen-bond acceptors (Lipinski definition) is 5. The summed E-state index contributed by atoms with van der Waals surface area (Å²) in [6.07, 6.45) is 4.97. The van der Waals surface area contributed by atoms with Crippen molar-refractivity contribution < 1.29 is 9.63 Å². The van der Waals surface area contributed by atoms with Gasteiger partial charge in [-0.05, 0) is 25.0 Å². The maximum Gasteiger partial charge on any atom is 0.232 e. The van der Waals surface area contributed by atoms with Crippen molar-refractivity contribution in [2.75, 3.05) is 0 Å². The number of hydrogen-bond donors (Lipinski definition) is 1. The highest BCUT2D eigenvalue weighted by atomic mass is 35.5. The molecule has 0 bridgehead atoms. The fourth-order valence-corrected chi connectivity index (χ4v) is 2.51. The van der Waals surface area contributed by atoms with Gasteiger partial charge in [0.2, 0.25) is 11.7 Å². The van der Waals surface area contributed by atoms with Crippen LogP contribution >= 0.6 is 11.6 Å². The monoisotopic (exact) mass is 279 g/mol. The molecule has 2 atom stereocenters. The number of nitrogens with zero attached hydrogens (tertiary/aromatic N) is 3. The van der Waals surface area contributed by atoms with Gasteiger partial charge in [-0.3, -0.25) is 4.98 Å². The summed E-state index contributed by atoms with van der Waals surface area (Å²) in [6, 6.07) is 3.48. The highest BCUT2D eigenvalue weighted by Crippen LogP contribution is 2.32. The highest BCUT2D eigenvalue weighted by molar-refractivity contribution is 6.30. The lowest BCUT2D eigenvalue weighted by Gasteiger charge is -2.24. The molecule has 0 aliphatic heterocycles. The second-order valence-corrected chi connectivity index (χ2v) is 5.21. The molecule has 6 heteroatoms. The minimum Gasteiger partial charge on any atom is -0.392 e. The van der Waals surface area contributed by atoms with Gasteiger partial charge in [-0.2, -0.15) is 4.98 Å². The van der Waals surface area contributed by atoms with Gasteiger partial charge in [0.1, 0.15) is 5.69 Å². The van der Waals surface area contributed by atoms with E-state index in [0.717, 1.165) is 25.7 Å². The van der Waals surface area contributed by atoms with Crippen LogP contribution in [-0.4, -0.2) is 26.3 Å². The Morgan fingerprint density at radius 3 is 2.84 bits per heavy atom. The molecule has 1 aliphatic rings. The highest BCUT2D eigenvalue weighted by Gasteiger charge is 2.29. The largest absolute Gasteiger partial charge is 0.392 e. The molecule has 2 aromatic heterocycles. The molecular formula is C13H14ClN3O2. The third-order valence-electron chi connectivity index (χ3n) is 3.44. The smallest absolute Gasteiger partial charge is 0.232 e. The van der Waals surface area contributed by atoms with E-state index < -0.39 is 0 Å². The van der Waals surface area contributed by atoms with Crippen molar-refractivity contribution in [2.24, 2.45) is 0 Å². The first-order chi connectivity index (χ1) is 9.24. The van der Waals surface area contributed by atoms with Crippen LogP contribution in [-0.2, 0) is 0 Å². The van der Waals surface area contributed by atoms with Crippen molar-refractivity contribution in [1.82, 2.24) is 15.1 Å². The standard InChI is InChI=1S/C13H14ClN3O2/c14-8-5-6-10(15-7-8)12-16-13(19-17-12)9-3-1-2-4-11(9)18/h5-7,9,11,18H,1-4H2. The minimum atomic E-state index is -0.389. The molecule has 0 amide bonds. The van der Waals surface area contributed by atoms with Crippen molar-refractivity contribution >= 4 is 11.6 Å². The molecular weight excluding hydrogens is 266 g/mol. The summed E-state index contributed by atoms with van der Waals surface area (Å²) in [5.74, 6) is 0.880. The molecule has 19 heavy (non-hydrogen) atoms. The van der Waals surface area contributed by atoms with Crippen LogP contribution in [0.25, 0.3) is 11.5 Å². The van der Waals surface area contributed by atoms with E-state index in [4.69, 9.17) is 16.1 Å². The molecule has 2 heterocycles. The van der Waals surface area contributed by atoms with Crippen LogP contribution in [0.1, 0.15) is 37.5 Å². The van der Waals surface area contributed by atoms with Gasteiger partial charge in [-0.15, -0.1) is 0 Å². The Morgan fingerprint density at radius 2 is 2.11 bits per heavy atom. The first-order valence-electron chi connectivity index (χ1n) is 6.37. The average Bonchev–Trinajstić information content (AvgIpc) is 2.89. The summed E-state index contributed by atoms with van der Waals surface area (Å²) < 4.78 is 5.27. The second-order valence-electron chi connectivity index (χ2n) is 4.78. The fraction of sp³-hybridized carbons (Fsp3) is 0.462. The molecule has 0 spiro atoms. The zero-order chi connectivity index (χ0) is 13.2. The van der Waals surface area contributed by atoms with E-state index in [0.29, 0.717) is 22.4 Å². The number of pyridine rings is 1. The molecule has 0 radical (unpaired) electrons. The minimum absolute atomic E-state index is 0.0534. The molecule has 0 saturated heterocycles. The van der Waals surface area contributed by atoms with Gasteiger partial charge < -0.3 is 9.63 Å². The second kappa shape index (κ2) is 5.27. The predicted molar refractivity (Wildman–Crippen MR) is 69.8 cm³/mol. The average molecular weight is 280 g/mol. The van der Waals surface area contributed by atoms with Gasteiger partial charge in [0.05, 0.1) is 17.0 Å². The van der Waals surface area contributed by atoms with E-state index in [2.05, 4.69) is 15.1 Å². The number of aliphatic hydroxyl groups is 1. The Labute approximate surface area is 115 Å². The molecule has 1 aliphatic carbocycles. The molecule has 1 N–H and O–H groups in total. The Kier molecular flexibility index (Phi) is 3.48. The third kappa shape index (κ3) is 2.62. The Hall–Kier alpha value is -1.46. The number of aliphatic hydroxyl groups excluding tert-OH is 1. The fourth-order valence-electron chi connectivity index (χ4n) is 2.40. The van der Waals surface area contributed by atoms with Crippen LogP contribution in [0, 0.1) is 0 Å². The van der Waals surface area contributed by atoms with Crippen LogP contribution in [0.5, 0.6) is 0 Å². The van der Waals surface area contributed by atoms with E-state index >= 15 is 0 Å². The Balaban J connectivity index is 1.84. The summed E-state index contributed by atoms with van der Waals surface area (Å²) in [4.78, 5) is 8.49. The third-order valence-corrected chi connectivity index (χ3v) is 3.67. The Bertz CT molecular complexity index is 555. The van der Waals surface area contributed by atoms with Crippen molar-refractivity contribution in [2.45, 2.75) is 37.7 Å². The Morgan fingerprint density at radius 1 is 1.26 bits per heavy atom. The zero-order valence-corrected chi connectivity index (χ0v) is 11.0. The van der Waals surface area contributed by atoms with Gasteiger partial charge in [0.25, 0.3) is 0 Å². The van der Waals surface area contributed by atoms with Crippen molar-refractivity contribution in [3.8, 4) is 11.5 Å². The molecule has 5 nitrogen and oxygen atoms in total.